The third-order valence-electron chi connectivity index (χ3n) is 7.52. The lowest BCUT2D eigenvalue weighted by Crippen LogP contribution is -2.50. The summed E-state index contributed by atoms with van der Waals surface area (Å²) in [6, 6.07) is 10.7. The molecule has 0 radical (unpaired) electrons. The molecule has 39 heavy (non-hydrogen) atoms. The highest BCUT2D eigenvalue weighted by molar-refractivity contribution is 7.89. The topological polar surface area (TPSA) is 113 Å². The molecular weight excluding hydrogens is 540 g/mol. The van der Waals surface area contributed by atoms with Gasteiger partial charge in [0.2, 0.25) is 20.0 Å². The summed E-state index contributed by atoms with van der Waals surface area (Å²) < 4.78 is 68.5. The lowest BCUT2D eigenvalue weighted by molar-refractivity contribution is 0.0904. The number of nitrogens with zero attached hydrogens (tertiary/aromatic N) is 2. The molecule has 0 unspecified atom stereocenters. The quantitative estimate of drug-likeness (QED) is 0.508. The number of allylic oxidation sites excluding steroid dienone is 2. The molecule has 0 saturated carbocycles. The van der Waals surface area contributed by atoms with Gasteiger partial charge in [-0.15, -0.1) is 0 Å². The first-order valence-corrected chi connectivity index (χ1v) is 16.1. The zero-order valence-corrected chi connectivity index (χ0v) is 24.5. The number of aliphatic hydroxyl groups is 1. The molecule has 0 aromatic heterocycles. The molecule has 0 amide bonds. The van der Waals surface area contributed by atoms with Gasteiger partial charge in [0.1, 0.15) is 22.5 Å². The van der Waals surface area contributed by atoms with Crippen LogP contribution in [0.2, 0.25) is 0 Å². The van der Waals surface area contributed by atoms with Crippen molar-refractivity contribution >= 4 is 25.6 Å². The van der Waals surface area contributed by atoms with E-state index >= 15 is 0 Å². The van der Waals surface area contributed by atoms with Crippen LogP contribution in [0.15, 0.2) is 58.3 Å². The van der Waals surface area contributed by atoms with E-state index in [1.165, 1.54) is 34.9 Å². The van der Waals surface area contributed by atoms with Crippen molar-refractivity contribution in [2.45, 2.75) is 61.5 Å². The third kappa shape index (κ3) is 6.17. The number of methoxy groups -OCH3 is 1. The van der Waals surface area contributed by atoms with Crippen LogP contribution in [0.25, 0.3) is 5.57 Å². The first kappa shape index (κ1) is 29.5. The molecule has 0 fully saturated rings. The van der Waals surface area contributed by atoms with Crippen molar-refractivity contribution in [1.82, 2.24) is 8.61 Å². The van der Waals surface area contributed by atoms with E-state index in [2.05, 4.69) is 6.08 Å². The van der Waals surface area contributed by atoms with E-state index < -0.39 is 32.2 Å². The van der Waals surface area contributed by atoms with Gasteiger partial charge in [0, 0.05) is 31.6 Å². The van der Waals surface area contributed by atoms with Gasteiger partial charge in [-0.1, -0.05) is 25.1 Å². The molecule has 1 aliphatic heterocycles. The SMILES string of the molecule is COc1cccc(S(=O)(=O)N(C)C[C@@H]2Oc3cc(C4=CCCCC4)ccc3S(=O)(=O)N([C@H](C)CO)C[C@@H]2C)c1. The molecule has 1 aliphatic carbocycles. The van der Waals surface area contributed by atoms with Crippen molar-refractivity contribution in [2.24, 2.45) is 5.92 Å². The molecule has 11 heteroatoms. The fourth-order valence-corrected chi connectivity index (χ4v) is 8.08. The van der Waals surface area contributed by atoms with Gasteiger partial charge in [0.15, 0.2) is 0 Å². The molecule has 4 rings (SSSR count). The Balaban J connectivity index is 1.74. The minimum absolute atomic E-state index is 0.00549. The first-order chi connectivity index (χ1) is 18.5. The molecule has 2 aromatic rings. The van der Waals surface area contributed by atoms with Crippen molar-refractivity contribution < 1.29 is 31.4 Å². The summed E-state index contributed by atoms with van der Waals surface area (Å²) in [5.74, 6) is 0.234. The van der Waals surface area contributed by atoms with Crippen LogP contribution in [-0.2, 0) is 20.0 Å². The molecule has 0 saturated heterocycles. The molecule has 1 N–H and O–H groups in total. The van der Waals surface area contributed by atoms with Gasteiger partial charge in [-0.05, 0) is 68.0 Å². The van der Waals surface area contributed by atoms with E-state index in [0.717, 1.165) is 36.8 Å². The lowest BCUT2D eigenvalue weighted by Gasteiger charge is -2.37. The summed E-state index contributed by atoms with van der Waals surface area (Å²) in [5, 5.41) is 9.87. The molecule has 2 aromatic carbocycles. The van der Waals surface area contributed by atoms with Crippen molar-refractivity contribution in [3.05, 3.63) is 54.1 Å². The molecule has 3 atom stereocenters. The minimum Gasteiger partial charge on any atom is -0.497 e. The molecule has 0 spiro atoms. The van der Waals surface area contributed by atoms with Crippen molar-refractivity contribution in [3.63, 3.8) is 0 Å². The average Bonchev–Trinajstić information content (AvgIpc) is 2.94. The minimum atomic E-state index is -3.98. The summed E-state index contributed by atoms with van der Waals surface area (Å²) in [6.07, 6.45) is 5.59. The zero-order valence-electron chi connectivity index (χ0n) is 22.9. The number of hydrogen-bond donors (Lipinski definition) is 1. The maximum atomic E-state index is 13.7. The Labute approximate surface area is 232 Å². The fraction of sp³-hybridized carbons (Fsp3) is 0.500. The van der Waals surface area contributed by atoms with Crippen LogP contribution in [0.5, 0.6) is 11.5 Å². The number of benzene rings is 2. The normalized spacial score (nSPS) is 22.7. The highest BCUT2D eigenvalue weighted by atomic mass is 32.2. The van der Waals surface area contributed by atoms with Crippen LogP contribution in [0.1, 0.15) is 45.1 Å². The summed E-state index contributed by atoms with van der Waals surface area (Å²) in [6.45, 7) is 3.20. The van der Waals surface area contributed by atoms with Gasteiger partial charge in [0.05, 0.1) is 25.2 Å². The maximum absolute atomic E-state index is 13.7. The largest absolute Gasteiger partial charge is 0.497 e. The van der Waals surface area contributed by atoms with Crippen molar-refractivity contribution in [1.29, 1.82) is 0 Å². The van der Waals surface area contributed by atoms with Crippen LogP contribution in [0.4, 0.5) is 0 Å². The number of ether oxygens (including phenoxy) is 2. The summed E-state index contributed by atoms with van der Waals surface area (Å²) in [4.78, 5) is 0.103. The second-order valence-electron chi connectivity index (χ2n) is 10.3. The monoisotopic (exact) mass is 578 g/mol. The Morgan fingerprint density at radius 2 is 1.97 bits per heavy atom. The average molecular weight is 579 g/mol. The number of aliphatic hydroxyl groups excluding tert-OH is 1. The van der Waals surface area contributed by atoms with E-state index in [0.29, 0.717) is 5.75 Å². The first-order valence-electron chi connectivity index (χ1n) is 13.2. The molecule has 1 heterocycles. The van der Waals surface area contributed by atoms with Crippen LogP contribution < -0.4 is 9.47 Å². The van der Waals surface area contributed by atoms with Gasteiger partial charge in [-0.3, -0.25) is 0 Å². The highest BCUT2D eigenvalue weighted by Crippen LogP contribution is 2.37. The number of sulfonamides is 2. The predicted octanol–water partition coefficient (Wildman–Crippen LogP) is 3.74. The van der Waals surface area contributed by atoms with Gasteiger partial charge >= 0.3 is 0 Å². The van der Waals surface area contributed by atoms with Gasteiger partial charge in [-0.25, -0.2) is 16.8 Å². The predicted molar refractivity (Wildman–Crippen MR) is 150 cm³/mol. The Bertz CT molecular complexity index is 1420. The van der Waals surface area contributed by atoms with Crippen LogP contribution >= 0.6 is 0 Å². The van der Waals surface area contributed by atoms with Gasteiger partial charge < -0.3 is 14.6 Å². The smallest absolute Gasteiger partial charge is 0.247 e. The standard InChI is InChI=1S/C28H38N2O7S2/c1-20-17-30(21(2)19-31)39(34,35)28-14-13-23(22-9-6-5-7-10-22)15-26(28)37-27(20)18-29(3)38(32,33)25-12-8-11-24(16-25)36-4/h8-9,11-16,20-21,27,31H,5-7,10,17-19H2,1-4H3/t20-,21+,27-/m0/s1. The Kier molecular flexibility index (Phi) is 9.07. The summed E-state index contributed by atoms with van der Waals surface area (Å²) in [7, 11) is -4.91. The van der Waals surface area contributed by atoms with Gasteiger partial charge in [-0.2, -0.15) is 8.61 Å². The summed E-state index contributed by atoms with van der Waals surface area (Å²) >= 11 is 0. The van der Waals surface area contributed by atoms with E-state index in [9.17, 15) is 21.9 Å². The maximum Gasteiger partial charge on any atom is 0.247 e. The number of hydrogen-bond acceptors (Lipinski definition) is 7. The number of rotatable bonds is 8. The van der Waals surface area contributed by atoms with E-state index in [1.54, 1.807) is 37.3 Å². The number of fused-ring (bicyclic) bond motifs is 1. The van der Waals surface area contributed by atoms with Crippen LogP contribution in [0, 0.1) is 5.92 Å². The zero-order chi connectivity index (χ0) is 28.4. The van der Waals surface area contributed by atoms with E-state index in [-0.39, 0.29) is 41.2 Å². The summed E-state index contributed by atoms with van der Waals surface area (Å²) in [5.41, 5.74) is 2.05. The van der Waals surface area contributed by atoms with E-state index in [1.807, 2.05) is 6.92 Å². The molecule has 0 bridgehead atoms. The van der Waals surface area contributed by atoms with Gasteiger partial charge in [0.25, 0.3) is 0 Å². The Morgan fingerprint density at radius 1 is 1.21 bits per heavy atom. The molecule has 2 aliphatic rings. The highest BCUT2D eigenvalue weighted by Gasteiger charge is 2.39. The molecular formula is C28H38N2O7S2. The fourth-order valence-electron chi connectivity index (χ4n) is 5.04. The van der Waals surface area contributed by atoms with Crippen molar-refractivity contribution in [2.75, 3.05) is 33.9 Å². The molecule has 214 valence electrons. The Hall–Kier alpha value is -2.44. The van der Waals surface area contributed by atoms with Crippen molar-refractivity contribution in [3.8, 4) is 11.5 Å². The second kappa shape index (κ2) is 12.0. The van der Waals surface area contributed by atoms with Crippen LogP contribution in [0.3, 0.4) is 0 Å². The third-order valence-corrected chi connectivity index (χ3v) is 11.4. The lowest BCUT2D eigenvalue weighted by atomic mass is 9.93. The van der Waals surface area contributed by atoms with E-state index in [4.69, 9.17) is 9.47 Å². The van der Waals surface area contributed by atoms with Crippen LogP contribution in [-0.4, -0.2) is 76.6 Å². The molecule has 9 nitrogen and oxygen atoms in total. The second-order valence-corrected chi connectivity index (χ2v) is 14.2. The Morgan fingerprint density at radius 3 is 2.64 bits per heavy atom. The number of likely N-dealkylation sites (N-methyl/N-ethyl adjacent to an activating group) is 1.